The van der Waals surface area contributed by atoms with Gasteiger partial charge in [0, 0.05) is 12.7 Å². The van der Waals surface area contributed by atoms with E-state index in [2.05, 4.69) is 20.4 Å². The molecule has 18 heavy (non-hydrogen) atoms. The molecule has 3 heterocycles. The maximum absolute atomic E-state index is 9.44. The molecule has 6 nitrogen and oxygen atoms in total. The first kappa shape index (κ1) is 11.6. The van der Waals surface area contributed by atoms with Crippen LogP contribution in [0.25, 0.3) is 11.5 Å². The Labute approximate surface area is 108 Å². The van der Waals surface area contributed by atoms with Crippen molar-refractivity contribution in [2.24, 2.45) is 0 Å². The molecular formula is C11H11ClN4O2. The first-order chi connectivity index (χ1) is 8.72. The van der Waals surface area contributed by atoms with Crippen molar-refractivity contribution in [1.82, 2.24) is 20.4 Å². The second-order valence-corrected chi connectivity index (χ2v) is 4.60. The second kappa shape index (κ2) is 4.64. The number of pyridine rings is 1. The predicted molar refractivity (Wildman–Crippen MR) is 63.9 cm³/mol. The fourth-order valence-electron chi connectivity index (χ4n) is 1.89. The van der Waals surface area contributed by atoms with Crippen molar-refractivity contribution in [3.8, 4) is 11.5 Å². The van der Waals surface area contributed by atoms with Crippen LogP contribution in [0.5, 0.6) is 0 Å². The van der Waals surface area contributed by atoms with Crippen LogP contribution in [0.4, 0.5) is 0 Å². The highest BCUT2D eigenvalue weighted by Crippen LogP contribution is 2.24. The van der Waals surface area contributed by atoms with Crippen molar-refractivity contribution in [3.63, 3.8) is 0 Å². The van der Waals surface area contributed by atoms with Gasteiger partial charge in [0.05, 0.1) is 17.2 Å². The molecule has 1 aliphatic heterocycles. The number of rotatable bonds is 2. The van der Waals surface area contributed by atoms with Crippen molar-refractivity contribution in [2.45, 2.75) is 18.6 Å². The van der Waals surface area contributed by atoms with Gasteiger partial charge in [-0.3, -0.25) is 4.98 Å². The molecule has 0 unspecified atom stereocenters. The molecule has 0 saturated carbocycles. The lowest BCUT2D eigenvalue weighted by Crippen LogP contribution is -2.15. The summed E-state index contributed by atoms with van der Waals surface area (Å²) in [6.45, 7) is 0.543. The molecular weight excluding hydrogens is 256 g/mol. The number of nitrogens with zero attached hydrogens (tertiary/aromatic N) is 3. The van der Waals surface area contributed by atoms with Gasteiger partial charge in [0.15, 0.2) is 0 Å². The summed E-state index contributed by atoms with van der Waals surface area (Å²) in [5.41, 5.74) is 0.605. The zero-order valence-electron chi connectivity index (χ0n) is 9.38. The number of nitrogens with one attached hydrogen (secondary N) is 1. The number of aromatic nitrogens is 3. The molecule has 0 spiro atoms. The van der Waals surface area contributed by atoms with Gasteiger partial charge < -0.3 is 14.9 Å². The number of hydrogen-bond acceptors (Lipinski definition) is 6. The topological polar surface area (TPSA) is 84.1 Å². The normalized spacial score (nSPS) is 23.4. The van der Waals surface area contributed by atoms with E-state index in [0.29, 0.717) is 35.4 Å². The van der Waals surface area contributed by atoms with Gasteiger partial charge in [-0.05, 0) is 18.6 Å². The Kier molecular flexibility index (Phi) is 2.99. The summed E-state index contributed by atoms with van der Waals surface area (Å²) in [5.74, 6) is 0.892. The highest BCUT2D eigenvalue weighted by molar-refractivity contribution is 6.30. The van der Waals surface area contributed by atoms with Gasteiger partial charge in [-0.25, -0.2) is 0 Å². The average molecular weight is 267 g/mol. The number of aliphatic hydroxyl groups is 1. The first-order valence-corrected chi connectivity index (χ1v) is 5.97. The average Bonchev–Trinajstić information content (AvgIpc) is 2.98. The van der Waals surface area contributed by atoms with Gasteiger partial charge in [0.1, 0.15) is 5.69 Å². The Bertz CT molecular complexity index is 542. The Morgan fingerprint density at radius 3 is 3.00 bits per heavy atom. The lowest BCUT2D eigenvalue weighted by atomic mass is 10.2. The molecule has 2 aromatic heterocycles. The molecule has 0 amide bonds. The van der Waals surface area contributed by atoms with Crippen LogP contribution in [0.2, 0.25) is 5.02 Å². The van der Waals surface area contributed by atoms with Crippen LogP contribution in [0.1, 0.15) is 18.4 Å². The summed E-state index contributed by atoms with van der Waals surface area (Å²) in [5, 5.41) is 17.0. The van der Waals surface area contributed by atoms with E-state index >= 15 is 0 Å². The van der Waals surface area contributed by atoms with Crippen LogP contribution in [-0.4, -0.2) is 32.9 Å². The summed E-state index contributed by atoms with van der Waals surface area (Å²) in [4.78, 5) is 8.39. The number of β-amino-alcohol motifs (C(OH)–C–C–N with tert-alkyl or cyclic N) is 1. The van der Waals surface area contributed by atoms with E-state index in [0.717, 1.165) is 0 Å². The van der Waals surface area contributed by atoms with E-state index in [1.807, 2.05) is 0 Å². The molecule has 0 bridgehead atoms. The van der Waals surface area contributed by atoms with E-state index in [9.17, 15) is 5.11 Å². The maximum atomic E-state index is 9.44. The minimum atomic E-state index is -0.362. The van der Waals surface area contributed by atoms with Crippen molar-refractivity contribution in [2.75, 3.05) is 6.54 Å². The second-order valence-electron chi connectivity index (χ2n) is 4.17. The molecule has 0 aromatic carbocycles. The molecule has 1 saturated heterocycles. The van der Waals surface area contributed by atoms with Crippen LogP contribution in [0.15, 0.2) is 22.9 Å². The van der Waals surface area contributed by atoms with Gasteiger partial charge in [-0.15, -0.1) is 0 Å². The zero-order chi connectivity index (χ0) is 12.5. The molecule has 2 atom stereocenters. The Morgan fingerprint density at radius 1 is 1.44 bits per heavy atom. The van der Waals surface area contributed by atoms with E-state index in [1.165, 1.54) is 6.20 Å². The van der Waals surface area contributed by atoms with Crippen LogP contribution in [0, 0.1) is 0 Å². The molecule has 1 fully saturated rings. The first-order valence-electron chi connectivity index (χ1n) is 5.59. The molecule has 1 aliphatic rings. The van der Waals surface area contributed by atoms with Crippen molar-refractivity contribution < 1.29 is 9.63 Å². The van der Waals surface area contributed by atoms with Gasteiger partial charge in [-0.2, -0.15) is 4.98 Å². The zero-order valence-corrected chi connectivity index (χ0v) is 10.1. The molecule has 7 heteroatoms. The molecule has 0 aliphatic carbocycles. The molecule has 2 aromatic rings. The van der Waals surface area contributed by atoms with E-state index in [-0.39, 0.29) is 12.1 Å². The number of halogens is 1. The molecule has 0 radical (unpaired) electrons. The van der Waals surface area contributed by atoms with Crippen LogP contribution in [0.3, 0.4) is 0 Å². The van der Waals surface area contributed by atoms with E-state index < -0.39 is 0 Å². The van der Waals surface area contributed by atoms with Crippen LogP contribution >= 0.6 is 11.6 Å². The predicted octanol–water partition coefficient (Wildman–Crippen LogP) is 1.18. The maximum Gasteiger partial charge on any atom is 0.244 e. The molecule has 2 N–H and O–H groups in total. The lowest BCUT2D eigenvalue weighted by Gasteiger charge is -2.01. The minimum absolute atomic E-state index is 0.0893. The van der Waals surface area contributed by atoms with E-state index in [4.69, 9.17) is 16.1 Å². The quantitative estimate of drug-likeness (QED) is 0.849. The third kappa shape index (κ3) is 2.22. The van der Waals surface area contributed by atoms with Gasteiger partial charge >= 0.3 is 0 Å². The lowest BCUT2D eigenvalue weighted by molar-refractivity contribution is 0.191. The van der Waals surface area contributed by atoms with Gasteiger partial charge in [0.2, 0.25) is 11.7 Å². The van der Waals surface area contributed by atoms with Crippen LogP contribution in [-0.2, 0) is 0 Å². The Balaban J connectivity index is 1.83. The third-order valence-corrected chi connectivity index (χ3v) is 3.03. The number of aliphatic hydroxyl groups excluding tert-OH is 1. The largest absolute Gasteiger partial charge is 0.392 e. The highest BCUT2D eigenvalue weighted by atomic mass is 35.5. The monoisotopic (exact) mass is 266 g/mol. The van der Waals surface area contributed by atoms with Gasteiger partial charge in [-0.1, -0.05) is 16.8 Å². The fraction of sp³-hybridized carbons (Fsp3) is 0.364. The van der Waals surface area contributed by atoms with E-state index in [1.54, 1.807) is 12.1 Å². The van der Waals surface area contributed by atoms with Crippen molar-refractivity contribution in [3.05, 3.63) is 29.2 Å². The summed E-state index contributed by atoms with van der Waals surface area (Å²) >= 11 is 5.76. The Morgan fingerprint density at radius 2 is 2.33 bits per heavy atom. The van der Waals surface area contributed by atoms with Crippen molar-refractivity contribution in [1.29, 1.82) is 0 Å². The standard InChI is InChI=1S/C11H11ClN4O2/c12-6-1-2-8(13-4-6)10-15-11(18-16-10)9-3-7(17)5-14-9/h1-2,4,7,9,14,17H,3,5H2/t7-,9+/m1/s1. The molecule has 3 rings (SSSR count). The fourth-order valence-corrected chi connectivity index (χ4v) is 2.01. The summed E-state index contributed by atoms with van der Waals surface area (Å²) in [7, 11) is 0. The summed E-state index contributed by atoms with van der Waals surface area (Å²) in [6, 6.07) is 3.36. The van der Waals surface area contributed by atoms with Gasteiger partial charge in [0.25, 0.3) is 0 Å². The third-order valence-electron chi connectivity index (χ3n) is 2.80. The number of hydrogen-bond donors (Lipinski definition) is 2. The smallest absolute Gasteiger partial charge is 0.244 e. The highest BCUT2D eigenvalue weighted by Gasteiger charge is 2.28. The SMILES string of the molecule is O[C@H]1CN[C@H](c2nc(-c3ccc(Cl)cn3)no2)C1. The van der Waals surface area contributed by atoms with Crippen LogP contribution < -0.4 is 5.32 Å². The minimum Gasteiger partial charge on any atom is -0.392 e. The molecule has 94 valence electrons. The summed E-state index contributed by atoms with van der Waals surface area (Å²) in [6.07, 6.45) is 1.75. The Hall–Kier alpha value is -1.50. The van der Waals surface area contributed by atoms with Crippen molar-refractivity contribution >= 4 is 11.6 Å². The summed E-state index contributed by atoms with van der Waals surface area (Å²) < 4.78 is 5.17.